The Balaban J connectivity index is 1.57. The number of hydrogen-bond donors (Lipinski definition) is 1. The molecule has 5 nitrogen and oxygen atoms in total. The molecule has 0 aliphatic heterocycles. The van der Waals surface area contributed by atoms with Crippen LogP contribution in [-0.4, -0.2) is 27.2 Å². The fourth-order valence-electron chi connectivity index (χ4n) is 2.02. The molecule has 0 amide bonds. The molecule has 3 rings (SSSR count). The first-order chi connectivity index (χ1) is 11.6. The Kier molecular flexibility index (Phi) is 5.22. The Morgan fingerprint density at radius 1 is 1.17 bits per heavy atom. The summed E-state index contributed by atoms with van der Waals surface area (Å²) in [6, 6.07) is 13.1. The molecular formula is C16H14ClFN4OS. The summed E-state index contributed by atoms with van der Waals surface area (Å²) >= 11 is 7.40. The lowest BCUT2D eigenvalue weighted by Gasteiger charge is -2.06. The van der Waals surface area contributed by atoms with E-state index in [1.807, 2.05) is 12.1 Å². The maximum absolute atomic E-state index is 12.8. The standard InChI is InChI=1S/C16H14ClFN4OS/c17-12-3-1-2-11(10-12)15-20-21-16(22(15)19)24-9-8-23-14-6-4-13(18)5-7-14/h1-7,10H,8-9,19H2. The second-order valence-corrected chi connectivity index (χ2v) is 6.34. The van der Waals surface area contributed by atoms with Crippen LogP contribution in [0.15, 0.2) is 53.7 Å². The van der Waals surface area contributed by atoms with E-state index < -0.39 is 0 Å². The first kappa shape index (κ1) is 16.6. The van der Waals surface area contributed by atoms with Gasteiger partial charge in [0.05, 0.1) is 6.61 Å². The van der Waals surface area contributed by atoms with Crippen molar-refractivity contribution < 1.29 is 9.13 Å². The summed E-state index contributed by atoms with van der Waals surface area (Å²) in [4.78, 5) is 0. The van der Waals surface area contributed by atoms with Crippen molar-refractivity contribution in [3.63, 3.8) is 0 Å². The summed E-state index contributed by atoms with van der Waals surface area (Å²) in [6.45, 7) is 0.440. The highest BCUT2D eigenvalue weighted by Crippen LogP contribution is 2.23. The van der Waals surface area contributed by atoms with Gasteiger partial charge in [-0.1, -0.05) is 35.5 Å². The number of nitrogens with two attached hydrogens (primary N) is 1. The highest BCUT2D eigenvalue weighted by molar-refractivity contribution is 7.99. The molecule has 0 radical (unpaired) electrons. The van der Waals surface area contributed by atoms with Gasteiger partial charge in [-0.2, -0.15) is 0 Å². The number of thioether (sulfide) groups is 1. The van der Waals surface area contributed by atoms with Gasteiger partial charge in [0.1, 0.15) is 11.6 Å². The zero-order valence-electron chi connectivity index (χ0n) is 12.5. The van der Waals surface area contributed by atoms with Gasteiger partial charge in [0.15, 0.2) is 5.82 Å². The summed E-state index contributed by atoms with van der Waals surface area (Å²) in [5, 5.41) is 9.37. The number of hydrogen-bond acceptors (Lipinski definition) is 5. The molecule has 0 saturated heterocycles. The third kappa shape index (κ3) is 3.98. The van der Waals surface area contributed by atoms with Gasteiger partial charge in [-0.05, 0) is 36.4 Å². The lowest BCUT2D eigenvalue weighted by molar-refractivity contribution is 0.343. The van der Waals surface area contributed by atoms with E-state index in [9.17, 15) is 4.39 Å². The molecule has 124 valence electrons. The minimum Gasteiger partial charge on any atom is -0.493 e. The molecule has 3 aromatic rings. The first-order valence-electron chi connectivity index (χ1n) is 7.11. The molecule has 0 unspecified atom stereocenters. The van der Waals surface area contributed by atoms with Gasteiger partial charge < -0.3 is 10.6 Å². The normalized spacial score (nSPS) is 10.8. The topological polar surface area (TPSA) is 66.0 Å². The largest absolute Gasteiger partial charge is 0.493 e. The molecule has 2 N–H and O–H groups in total. The lowest BCUT2D eigenvalue weighted by Crippen LogP contribution is -2.12. The maximum atomic E-state index is 12.8. The van der Waals surface area contributed by atoms with E-state index in [0.717, 1.165) is 5.56 Å². The monoisotopic (exact) mass is 364 g/mol. The number of rotatable bonds is 6. The van der Waals surface area contributed by atoms with Crippen LogP contribution in [0.5, 0.6) is 5.75 Å². The van der Waals surface area contributed by atoms with Crippen LogP contribution in [0, 0.1) is 5.82 Å². The number of benzene rings is 2. The van der Waals surface area contributed by atoms with Crippen LogP contribution < -0.4 is 10.6 Å². The quantitative estimate of drug-likeness (QED) is 0.411. The smallest absolute Gasteiger partial charge is 0.210 e. The molecule has 0 atom stereocenters. The van der Waals surface area contributed by atoms with Crippen LogP contribution in [0.3, 0.4) is 0 Å². The molecule has 1 heterocycles. The molecule has 0 spiro atoms. The van der Waals surface area contributed by atoms with Gasteiger partial charge in [-0.3, -0.25) is 0 Å². The minimum absolute atomic E-state index is 0.290. The van der Waals surface area contributed by atoms with E-state index in [-0.39, 0.29) is 5.82 Å². The van der Waals surface area contributed by atoms with Gasteiger partial charge in [0.25, 0.3) is 0 Å². The van der Waals surface area contributed by atoms with E-state index in [0.29, 0.717) is 34.1 Å². The Morgan fingerprint density at radius 2 is 1.96 bits per heavy atom. The van der Waals surface area contributed by atoms with E-state index in [2.05, 4.69) is 10.2 Å². The predicted molar refractivity (Wildman–Crippen MR) is 93.2 cm³/mol. The van der Waals surface area contributed by atoms with Crippen molar-refractivity contribution in [1.29, 1.82) is 0 Å². The third-order valence-corrected chi connectivity index (χ3v) is 4.29. The summed E-state index contributed by atoms with van der Waals surface area (Å²) in [5.41, 5.74) is 0.798. The fourth-order valence-corrected chi connectivity index (χ4v) is 2.89. The minimum atomic E-state index is -0.290. The van der Waals surface area contributed by atoms with Crippen LogP contribution in [0.25, 0.3) is 11.4 Å². The van der Waals surface area contributed by atoms with E-state index >= 15 is 0 Å². The van der Waals surface area contributed by atoms with Crippen molar-refractivity contribution in [3.05, 3.63) is 59.4 Å². The highest BCUT2D eigenvalue weighted by atomic mass is 35.5. The SMILES string of the molecule is Nn1c(SCCOc2ccc(F)cc2)nnc1-c1cccc(Cl)c1. The van der Waals surface area contributed by atoms with Gasteiger partial charge in [0.2, 0.25) is 5.16 Å². The van der Waals surface area contributed by atoms with E-state index in [1.54, 1.807) is 24.3 Å². The Labute approximate surface area is 147 Å². The van der Waals surface area contributed by atoms with Crippen molar-refractivity contribution in [2.75, 3.05) is 18.2 Å². The predicted octanol–water partition coefficient (Wildman–Crippen LogP) is 3.62. The molecule has 0 bridgehead atoms. The van der Waals surface area contributed by atoms with Crippen LogP contribution in [0.1, 0.15) is 0 Å². The number of ether oxygens (including phenoxy) is 1. The molecule has 8 heteroatoms. The van der Waals surface area contributed by atoms with Gasteiger partial charge in [0, 0.05) is 16.3 Å². The third-order valence-electron chi connectivity index (χ3n) is 3.14. The van der Waals surface area contributed by atoms with Crippen molar-refractivity contribution in [2.45, 2.75) is 5.16 Å². The molecule has 0 aliphatic carbocycles. The van der Waals surface area contributed by atoms with E-state index in [1.165, 1.54) is 28.6 Å². The Morgan fingerprint density at radius 3 is 2.71 bits per heavy atom. The summed E-state index contributed by atoms with van der Waals surface area (Å²) in [5.74, 6) is 7.54. The van der Waals surface area contributed by atoms with Crippen molar-refractivity contribution in [2.24, 2.45) is 0 Å². The summed E-state index contributed by atoms with van der Waals surface area (Å²) in [6.07, 6.45) is 0. The van der Waals surface area contributed by atoms with Crippen LogP contribution in [-0.2, 0) is 0 Å². The highest BCUT2D eigenvalue weighted by Gasteiger charge is 2.12. The zero-order valence-corrected chi connectivity index (χ0v) is 14.1. The number of nitrogen functional groups attached to an aromatic ring is 1. The van der Waals surface area contributed by atoms with Crippen molar-refractivity contribution in [1.82, 2.24) is 14.9 Å². The molecule has 2 aromatic carbocycles. The van der Waals surface area contributed by atoms with Crippen molar-refractivity contribution in [3.8, 4) is 17.1 Å². The average Bonchev–Trinajstić information content (AvgIpc) is 2.94. The van der Waals surface area contributed by atoms with Gasteiger partial charge >= 0.3 is 0 Å². The molecule has 0 saturated carbocycles. The molecule has 0 fully saturated rings. The maximum Gasteiger partial charge on any atom is 0.210 e. The second kappa shape index (κ2) is 7.55. The van der Waals surface area contributed by atoms with Crippen LogP contribution >= 0.6 is 23.4 Å². The number of aromatic nitrogens is 3. The Hall–Kier alpha value is -2.25. The average molecular weight is 365 g/mol. The molecular weight excluding hydrogens is 351 g/mol. The second-order valence-electron chi connectivity index (χ2n) is 4.84. The van der Waals surface area contributed by atoms with Crippen LogP contribution in [0.4, 0.5) is 4.39 Å². The van der Waals surface area contributed by atoms with Gasteiger partial charge in [-0.25, -0.2) is 9.07 Å². The summed E-state index contributed by atoms with van der Waals surface area (Å²) < 4.78 is 19.8. The Bertz CT molecular complexity index is 825. The summed E-state index contributed by atoms with van der Waals surface area (Å²) in [7, 11) is 0. The lowest BCUT2D eigenvalue weighted by atomic mass is 10.2. The molecule has 1 aromatic heterocycles. The zero-order chi connectivity index (χ0) is 16.9. The van der Waals surface area contributed by atoms with E-state index in [4.69, 9.17) is 22.2 Å². The number of nitrogens with zero attached hydrogens (tertiary/aromatic N) is 3. The molecule has 24 heavy (non-hydrogen) atoms. The van der Waals surface area contributed by atoms with Gasteiger partial charge in [-0.15, -0.1) is 10.2 Å². The van der Waals surface area contributed by atoms with Crippen molar-refractivity contribution >= 4 is 23.4 Å². The molecule has 0 aliphatic rings. The van der Waals surface area contributed by atoms with Crippen LogP contribution in [0.2, 0.25) is 5.02 Å². The number of halogens is 2. The first-order valence-corrected chi connectivity index (χ1v) is 8.47. The fraction of sp³-hybridized carbons (Fsp3) is 0.125.